The molecular formula is C20H23N3O5. The highest BCUT2D eigenvalue weighted by Crippen LogP contribution is 2.27. The second-order valence-corrected chi connectivity index (χ2v) is 6.53. The van der Waals surface area contributed by atoms with Crippen LogP contribution in [-0.4, -0.2) is 49.1 Å². The molecule has 0 aromatic heterocycles. The Labute approximate surface area is 163 Å². The molecule has 1 N–H and O–H groups in total. The van der Waals surface area contributed by atoms with Gasteiger partial charge in [0.05, 0.1) is 25.2 Å². The number of benzene rings is 2. The monoisotopic (exact) mass is 385 g/mol. The van der Waals surface area contributed by atoms with E-state index in [-0.39, 0.29) is 22.9 Å². The predicted molar refractivity (Wildman–Crippen MR) is 103 cm³/mol. The van der Waals surface area contributed by atoms with E-state index in [4.69, 9.17) is 9.47 Å². The minimum Gasteiger partial charge on any atom is -0.490 e. The number of morpholine rings is 1. The second-order valence-electron chi connectivity index (χ2n) is 6.53. The number of carbonyl (C=O) groups is 1. The molecule has 0 aliphatic carbocycles. The van der Waals surface area contributed by atoms with Gasteiger partial charge in [-0.1, -0.05) is 24.3 Å². The first-order valence-electron chi connectivity index (χ1n) is 9.05. The van der Waals surface area contributed by atoms with Gasteiger partial charge in [0.2, 0.25) is 0 Å². The van der Waals surface area contributed by atoms with Crippen LogP contribution in [0, 0.1) is 10.1 Å². The summed E-state index contributed by atoms with van der Waals surface area (Å²) in [5.41, 5.74) is 2.16. The van der Waals surface area contributed by atoms with Gasteiger partial charge in [-0.05, 0) is 23.3 Å². The summed E-state index contributed by atoms with van der Waals surface area (Å²) < 4.78 is 10.3. The first-order chi connectivity index (χ1) is 13.6. The van der Waals surface area contributed by atoms with Crippen molar-refractivity contribution in [2.45, 2.75) is 13.1 Å². The Bertz CT molecular complexity index is 832. The molecule has 1 aliphatic heterocycles. The molecule has 2 aromatic carbocycles. The van der Waals surface area contributed by atoms with Gasteiger partial charge in [0.25, 0.3) is 5.91 Å². The molecule has 8 nitrogen and oxygen atoms in total. The Morgan fingerprint density at radius 3 is 2.50 bits per heavy atom. The van der Waals surface area contributed by atoms with Gasteiger partial charge < -0.3 is 14.8 Å². The van der Waals surface area contributed by atoms with Crippen LogP contribution in [0.2, 0.25) is 0 Å². The summed E-state index contributed by atoms with van der Waals surface area (Å²) in [5, 5.41) is 13.9. The average Bonchev–Trinajstić information content (AvgIpc) is 2.73. The molecule has 1 amide bonds. The average molecular weight is 385 g/mol. The summed E-state index contributed by atoms with van der Waals surface area (Å²) in [7, 11) is 1.35. The number of nitro benzene ring substituents is 1. The van der Waals surface area contributed by atoms with Crippen LogP contribution in [-0.2, 0) is 17.8 Å². The van der Waals surface area contributed by atoms with Crippen molar-refractivity contribution < 1.29 is 19.2 Å². The molecule has 1 saturated heterocycles. The van der Waals surface area contributed by atoms with Crippen LogP contribution in [0.5, 0.6) is 5.75 Å². The zero-order chi connectivity index (χ0) is 19.9. The Hall–Kier alpha value is -2.97. The molecule has 1 fully saturated rings. The molecule has 3 rings (SSSR count). The number of carbonyl (C=O) groups excluding carboxylic acids is 1. The van der Waals surface area contributed by atoms with Crippen molar-refractivity contribution in [2.75, 3.05) is 33.4 Å². The van der Waals surface area contributed by atoms with Crippen molar-refractivity contribution in [3.63, 3.8) is 0 Å². The number of hydrogen-bond donors (Lipinski definition) is 1. The zero-order valence-electron chi connectivity index (χ0n) is 15.7. The number of hydrogen-bond acceptors (Lipinski definition) is 6. The number of nitrogens with one attached hydrogen (secondary N) is 1. The van der Waals surface area contributed by atoms with E-state index in [0.29, 0.717) is 6.54 Å². The van der Waals surface area contributed by atoms with E-state index < -0.39 is 4.92 Å². The van der Waals surface area contributed by atoms with Crippen molar-refractivity contribution in [1.82, 2.24) is 10.2 Å². The molecule has 0 bridgehead atoms. The lowest BCUT2D eigenvalue weighted by atomic mass is 10.1. The first kappa shape index (κ1) is 19.8. The van der Waals surface area contributed by atoms with E-state index in [2.05, 4.69) is 22.3 Å². The molecule has 0 saturated carbocycles. The maximum Gasteiger partial charge on any atom is 0.311 e. The fourth-order valence-electron chi connectivity index (χ4n) is 3.04. The maximum atomic E-state index is 12.3. The zero-order valence-corrected chi connectivity index (χ0v) is 15.7. The highest BCUT2D eigenvalue weighted by Gasteiger charge is 2.18. The molecule has 0 atom stereocenters. The van der Waals surface area contributed by atoms with E-state index in [1.54, 1.807) is 0 Å². The van der Waals surface area contributed by atoms with Crippen LogP contribution in [0.25, 0.3) is 0 Å². The predicted octanol–water partition coefficient (Wildman–Crippen LogP) is 2.37. The third kappa shape index (κ3) is 5.05. The molecule has 8 heteroatoms. The summed E-state index contributed by atoms with van der Waals surface area (Å²) in [4.78, 5) is 25.2. The van der Waals surface area contributed by atoms with Gasteiger partial charge in [-0.25, -0.2) is 0 Å². The largest absolute Gasteiger partial charge is 0.490 e. The number of methoxy groups -OCH3 is 1. The van der Waals surface area contributed by atoms with E-state index in [1.807, 2.05) is 12.1 Å². The Morgan fingerprint density at radius 2 is 1.86 bits per heavy atom. The van der Waals surface area contributed by atoms with Crippen LogP contribution in [0.15, 0.2) is 42.5 Å². The molecule has 28 heavy (non-hydrogen) atoms. The number of nitro groups is 1. The summed E-state index contributed by atoms with van der Waals surface area (Å²) in [5.74, 6) is -0.249. The van der Waals surface area contributed by atoms with Gasteiger partial charge >= 0.3 is 5.69 Å². The summed E-state index contributed by atoms with van der Waals surface area (Å²) in [6.45, 7) is 4.64. The maximum absolute atomic E-state index is 12.3. The molecular weight excluding hydrogens is 362 g/mol. The minimum atomic E-state index is -0.567. The van der Waals surface area contributed by atoms with Crippen LogP contribution >= 0.6 is 0 Å². The summed E-state index contributed by atoms with van der Waals surface area (Å²) >= 11 is 0. The van der Waals surface area contributed by atoms with Crippen LogP contribution in [0.1, 0.15) is 21.5 Å². The van der Waals surface area contributed by atoms with Gasteiger partial charge in [-0.3, -0.25) is 19.8 Å². The van der Waals surface area contributed by atoms with Crippen molar-refractivity contribution in [3.05, 3.63) is 69.3 Å². The number of amides is 1. The second kappa shape index (κ2) is 9.29. The highest BCUT2D eigenvalue weighted by atomic mass is 16.6. The standard InChI is InChI=1S/C20H23N3O5/c1-27-19-7-6-17(12-18(19)23(25)26)20(24)21-13-15-2-4-16(5-3-15)14-22-8-10-28-11-9-22/h2-7,12H,8-11,13-14H2,1H3,(H,21,24). The summed E-state index contributed by atoms with van der Waals surface area (Å²) in [6.07, 6.45) is 0. The fourth-order valence-corrected chi connectivity index (χ4v) is 3.04. The van der Waals surface area contributed by atoms with Crippen molar-refractivity contribution in [3.8, 4) is 5.75 Å². The third-order valence-corrected chi connectivity index (χ3v) is 4.62. The van der Waals surface area contributed by atoms with Gasteiger partial charge in [0, 0.05) is 37.8 Å². The fraction of sp³-hybridized carbons (Fsp3) is 0.350. The SMILES string of the molecule is COc1ccc(C(=O)NCc2ccc(CN3CCOCC3)cc2)cc1[N+](=O)[O-]. The Kier molecular flexibility index (Phi) is 6.57. The van der Waals surface area contributed by atoms with Crippen LogP contribution in [0.4, 0.5) is 5.69 Å². The van der Waals surface area contributed by atoms with E-state index in [1.165, 1.54) is 30.9 Å². The lowest BCUT2D eigenvalue weighted by Crippen LogP contribution is -2.35. The van der Waals surface area contributed by atoms with Gasteiger partial charge in [0.1, 0.15) is 0 Å². The van der Waals surface area contributed by atoms with Crippen molar-refractivity contribution in [1.29, 1.82) is 0 Å². The van der Waals surface area contributed by atoms with Gasteiger partial charge in [-0.2, -0.15) is 0 Å². The third-order valence-electron chi connectivity index (χ3n) is 4.62. The molecule has 1 aliphatic rings. The van der Waals surface area contributed by atoms with E-state index in [0.717, 1.165) is 38.4 Å². The Balaban J connectivity index is 1.57. The number of nitrogens with zero attached hydrogens (tertiary/aromatic N) is 2. The first-order valence-corrected chi connectivity index (χ1v) is 9.05. The molecule has 1 heterocycles. The normalized spacial score (nSPS) is 14.5. The topological polar surface area (TPSA) is 93.9 Å². The van der Waals surface area contributed by atoms with Crippen molar-refractivity contribution >= 4 is 11.6 Å². The molecule has 2 aromatic rings. The van der Waals surface area contributed by atoms with Crippen molar-refractivity contribution in [2.24, 2.45) is 0 Å². The quantitative estimate of drug-likeness (QED) is 0.581. The highest BCUT2D eigenvalue weighted by molar-refractivity contribution is 5.95. The Morgan fingerprint density at radius 1 is 1.18 bits per heavy atom. The van der Waals surface area contributed by atoms with Crippen LogP contribution < -0.4 is 10.1 Å². The lowest BCUT2D eigenvalue weighted by molar-refractivity contribution is -0.385. The molecule has 0 unspecified atom stereocenters. The minimum absolute atomic E-state index is 0.123. The van der Waals surface area contributed by atoms with Crippen LogP contribution in [0.3, 0.4) is 0 Å². The van der Waals surface area contributed by atoms with E-state index >= 15 is 0 Å². The smallest absolute Gasteiger partial charge is 0.311 e. The number of rotatable bonds is 7. The molecule has 0 spiro atoms. The summed E-state index contributed by atoms with van der Waals surface area (Å²) in [6, 6.07) is 12.2. The molecule has 148 valence electrons. The van der Waals surface area contributed by atoms with E-state index in [9.17, 15) is 14.9 Å². The molecule has 0 radical (unpaired) electrons. The van der Waals surface area contributed by atoms with Gasteiger partial charge in [0.15, 0.2) is 5.75 Å². The number of ether oxygens (including phenoxy) is 2. The lowest BCUT2D eigenvalue weighted by Gasteiger charge is -2.26. The van der Waals surface area contributed by atoms with Gasteiger partial charge in [-0.15, -0.1) is 0 Å².